The maximum Gasteiger partial charge on any atom is 0.281 e. The largest absolute Gasteiger partial charge is 0.359 e. The van der Waals surface area contributed by atoms with Crippen molar-refractivity contribution in [2.24, 2.45) is 11.8 Å². The molecule has 0 saturated carbocycles. The zero-order valence-electron chi connectivity index (χ0n) is 12.3. The standard InChI is InChI=1S/C13H25N3O3S/c1-11-5-8-15(9-6-11)20(18,19)16-7-3-4-12(10-16)13(17)14-2/h11-12H,3-10H2,1-2H3,(H,14,17). The number of nitrogens with one attached hydrogen (secondary N) is 1. The Morgan fingerprint density at radius 2 is 1.75 bits per heavy atom. The molecule has 0 bridgehead atoms. The summed E-state index contributed by atoms with van der Waals surface area (Å²) in [4.78, 5) is 11.7. The Balaban J connectivity index is 2.03. The van der Waals surface area contributed by atoms with E-state index in [1.54, 1.807) is 11.4 Å². The van der Waals surface area contributed by atoms with E-state index in [1.807, 2.05) is 0 Å². The van der Waals surface area contributed by atoms with Gasteiger partial charge in [0.2, 0.25) is 5.91 Å². The number of piperidine rings is 2. The van der Waals surface area contributed by atoms with Crippen molar-refractivity contribution in [2.75, 3.05) is 33.2 Å². The minimum absolute atomic E-state index is 0.0582. The maximum absolute atomic E-state index is 12.6. The van der Waals surface area contributed by atoms with Gasteiger partial charge in [-0.15, -0.1) is 0 Å². The van der Waals surface area contributed by atoms with Crippen LogP contribution in [0.25, 0.3) is 0 Å². The van der Waals surface area contributed by atoms with Crippen molar-refractivity contribution in [2.45, 2.75) is 32.6 Å². The van der Waals surface area contributed by atoms with Gasteiger partial charge in [0.05, 0.1) is 5.92 Å². The lowest BCUT2D eigenvalue weighted by atomic mass is 9.99. The molecule has 116 valence electrons. The van der Waals surface area contributed by atoms with Gasteiger partial charge in [0.25, 0.3) is 10.2 Å². The highest BCUT2D eigenvalue weighted by atomic mass is 32.2. The normalized spacial score (nSPS) is 27.4. The Morgan fingerprint density at radius 3 is 2.35 bits per heavy atom. The first-order chi connectivity index (χ1) is 9.45. The molecule has 2 aliphatic heterocycles. The van der Waals surface area contributed by atoms with E-state index in [2.05, 4.69) is 12.2 Å². The molecule has 7 heteroatoms. The molecule has 2 aliphatic rings. The van der Waals surface area contributed by atoms with Gasteiger partial charge < -0.3 is 5.32 Å². The van der Waals surface area contributed by atoms with E-state index in [-0.39, 0.29) is 11.8 Å². The van der Waals surface area contributed by atoms with Crippen molar-refractivity contribution >= 4 is 16.1 Å². The van der Waals surface area contributed by atoms with Gasteiger partial charge in [0, 0.05) is 33.2 Å². The van der Waals surface area contributed by atoms with E-state index in [9.17, 15) is 13.2 Å². The second-order valence-corrected chi connectivity index (χ2v) is 7.83. The average molecular weight is 303 g/mol. The summed E-state index contributed by atoms with van der Waals surface area (Å²) in [6.45, 7) is 4.21. The first-order valence-corrected chi connectivity index (χ1v) is 8.81. The number of carbonyl (C=O) groups is 1. The topological polar surface area (TPSA) is 69.7 Å². The van der Waals surface area contributed by atoms with Gasteiger partial charge in [-0.05, 0) is 31.6 Å². The van der Waals surface area contributed by atoms with Crippen molar-refractivity contribution in [1.29, 1.82) is 0 Å². The highest BCUT2D eigenvalue weighted by molar-refractivity contribution is 7.86. The number of nitrogens with zero attached hydrogens (tertiary/aromatic N) is 2. The van der Waals surface area contributed by atoms with Crippen LogP contribution in [0.15, 0.2) is 0 Å². The van der Waals surface area contributed by atoms with Crippen molar-refractivity contribution in [3.8, 4) is 0 Å². The van der Waals surface area contributed by atoms with E-state index < -0.39 is 10.2 Å². The molecule has 1 amide bonds. The van der Waals surface area contributed by atoms with Crippen LogP contribution in [0.4, 0.5) is 0 Å². The van der Waals surface area contributed by atoms with Gasteiger partial charge in [0.15, 0.2) is 0 Å². The minimum Gasteiger partial charge on any atom is -0.359 e. The summed E-state index contributed by atoms with van der Waals surface area (Å²) < 4.78 is 28.3. The molecule has 0 radical (unpaired) electrons. The smallest absolute Gasteiger partial charge is 0.281 e. The third-order valence-corrected chi connectivity index (χ3v) is 6.40. The van der Waals surface area contributed by atoms with Crippen molar-refractivity contribution < 1.29 is 13.2 Å². The lowest BCUT2D eigenvalue weighted by Crippen LogP contribution is -2.51. The first-order valence-electron chi connectivity index (χ1n) is 7.42. The Labute approximate surface area is 121 Å². The fourth-order valence-electron chi connectivity index (χ4n) is 2.95. The fraction of sp³-hybridized carbons (Fsp3) is 0.923. The molecule has 2 fully saturated rings. The van der Waals surface area contributed by atoms with E-state index in [4.69, 9.17) is 0 Å². The van der Waals surface area contributed by atoms with Gasteiger partial charge in [0.1, 0.15) is 0 Å². The predicted octanol–water partition coefficient (Wildman–Crippen LogP) is 0.421. The molecule has 2 saturated heterocycles. The van der Waals surface area contributed by atoms with Gasteiger partial charge in [-0.25, -0.2) is 0 Å². The molecule has 0 spiro atoms. The zero-order chi connectivity index (χ0) is 14.8. The Kier molecular flexibility index (Phi) is 5.04. The molecule has 2 rings (SSSR count). The Morgan fingerprint density at radius 1 is 1.10 bits per heavy atom. The molecule has 1 N–H and O–H groups in total. The van der Waals surface area contributed by atoms with Crippen LogP contribution in [0.2, 0.25) is 0 Å². The summed E-state index contributed by atoms with van der Waals surface area (Å²) in [5.41, 5.74) is 0. The highest BCUT2D eigenvalue weighted by Gasteiger charge is 2.36. The summed E-state index contributed by atoms with van der Waals surface area (Å²) in [7, 11) is -1.80. The molecular formula is C13H25N3O3S. The molecule has 20 heavy (non-hydrogen) atoms. The molecule has 1 unspecified atom stereocenters. The van der Waals surface area contributed by atoms with Gasteiger partial charge in [-0.1, -0.05) is 6.92 Å². The summed E-state index contributed by atoms with van der Waals surface area (Å²) in [6.07, 6.45) is 3.36. The second kappa shape index (κ2) is 6.41. The molecule has 0 aromatic rings. The lowest BCUT2D eigenvalue weighted by Gasteiger charge is -2.37. The average Bonchev–Trinajstić information content (AvgIpc) is 2.47. The van der Waals surface area contributed by atoms with E-state index in [1.165, 1.54) is 4.31 Å². The predicted molar refractivity (Wildman–Crippen MR) is 77.3 cm³/mol. The van der Waals surface area contributed by atoms with Crippen molar-refractivity contribution in [3.63, 3.8) is 0 Å². The molecule has 2 heterocycles. The minimum atomic E-state index is -3.40. The van der Waals surface area contributed by atoms with Crippen LogP contribution in [-0.2, 0) is 15.0 Å². The van der Waals surface area contributed by atoms with Crippen LogP contribution in [0.3, 0.4) is 0 Å². The molecule has 0 aromatic heterocycles. The van der Waals surface area contributed by atoms with Crippen LogP contribution < -0.4 is 5.32 Å². The number of carbonyl (C=O) groups excluding carboxylic acids is 1. The SMILES string of the molecule is CNC(=O)C1CCCN(S(=O)(=O)N2CCC(C)CC2)C1. The first kappa shape index (κ1) is 15.7. The second-order valence-electron chi connectivity index (χ2n) is 5.90. The van der Waals surface area contributed by atoms with Gasteiger partial charge >= 0.3 is 0 Å². The van der Waals surface area contributed by atoms with Gasteiger partial charge in [-0.3, -0.25) is 4.79 Å². The van der Waals surface area contributed by atoms with Crippen LogP contribution in [0, 0.1) is 11.8 Å². The van der Waals surface area contributed by atoms with E-state index in [0.717, 1.165) is 25.7 Å². The van der Waals surface area contributed by atoms with Crippen LogP contribution in [0.5, 0.6) is 0 Å². The Hall–Kier alpha value is -0.660. The van der Waals surface area contributed by atoms with Crippen molar-refractivity contribution in [1.82, 2.24) is 13.9 Å². The molecule has 6 nitrogen and oxygen atoms in total. The quantitative estimate of drug-likeness (QED) is 0.821. The number of amides is 1. The summed E-state index contributed by atoms with van der Waals surface area (Å²) in [6, 6.07) is 0. The summed E-state index contributed by atoms with van der Waals surface area (Å²) >= 11 is 0. The number of rotatable bonds is 3. The van der Waals surface area contributed by atoms with Crippen LogP contribution in [0.1, 0.15) is 32.6 Å². The fourth-order valence-corrected chi connectivity index (χ4v) is 4.68. The third-order valence-electron chi connectivity index (χ3n) is 4.40. The molecule has 0 aliphatic carbocycles. The molecule has 1 atom stereocenters. The number of hydrogen-bond acceptors (Lipinski definition) is 3. The molecular weight excluding hydrogens is 278 g/mol. The highest BCUT2D eigenvalue weighted by Crippen LogP contribution is 2.25. The van der Waals surface area contributed by atoms with Crippen LogP contribution in [-0.4, -0.2) is 56.2 Å². The van der Waals surface area contributed by atoms with E-state index in [0.29, 0.717) is 32.1 Å². The summed E-state index contributed by atoms with van der Waals surface area (Å²) in [5, 5.41) is 2.62. The monoisotopic (exact) mass is 303 g/mol. The lowest BCUT2D eigenvalue weighted by molar-refractivity contribution is -0.125. The van der Waals surface area contributed by atoms with E-state index >= 15 is 0 Å². The van der Waals surface area contributed by atoms with Crippen molar-refractivity contribution in [3.05, 3.63) is 0 Å². The summed E-state index contributed by atoms with van der Waals surface area (Å²) in [5.74, 6) is 0.325. The zero-order valence-corrected chi connectivity index (χ0v) is 13.2. The van der Waals surface area contributed by atoms with Gasteiger partial charge in [-0.2, -0.15) is 17.0 Å². The van der Waals surface area contributed by atoms with Crippen LogP contribution >= 0.6 is 0 Å². The molecule has 0 aromatic carbocycles. The third kappa shape index (κ3) is 3.32. The number of hydrogen-bond donors (Lipinski definition) is 1. The maximum atomic E-state index is 12.6. The Bertz CT molecular complexity index is 444.